The van der Waals surface area contributed by atoms with Gasteiger partial charge in [0, 0.05) is 49.7 Å². The van der Waals surface area contributed by atoms with E-state index in [2.05, 4.69) is 44.6 Å². The van der Waals surface area contributed by atoms with Crippen LogP contribution < -0.4 is 11.1 Å². The van der Waals surface area contributed by atoms with Crippen LogP contribution >= 0.6 is 0 Å². The van der Waals surface area contributed by atoms with E-state index in [1.165, 1.54) is 5.56 Å². The molecule has 2 aromatic heterocycles. The van der Waals surface area contributed by atoms with Crippen LogP contribution in [0, 0.1) is 0 Å². The Bertz CT molecular complexity index is 1000. The largest absolute Gasteiger partial charge is 0.383 e. The fraction of sp³-hybridized carbons (Fsp3) is 0.348. The molecule has 3 heterocycles. The molecule has 30 heavy (non-hydrogen) atoms. The minimum absolute atomic E-state index is 0.135. The number of nitrogens with zero attached hydrogens (tertiary/aromatic N) is 4. The molecular weight excluding hydrogens is 376 g/mol. The van der Waals surface area contributed by atoms with E-state index in [1.54, 1.807) is 23.1 Å². The first-order valence-corrected chi connectivity index (χ1v) is 10.4. The molecule has 0 radical (unpaired) electrons. The fourth-order valence-electron chi connectivity index (χ4n) is 3.95. The summed E-state index contributed by atoms with van der Waals surface area (Å²) in [6.45, 7) is 2.92. The van der Waals surface area contributed by atoms with Gasteiger partial charge in [-0.25, -0.2) is 4.98 Å². The van der Waals surface area contributed by atoms with Crippen molar-refractivity contribution in [2.45, 2.75) is 25.3 Å². The maximum Gasteiger partial charge on any atom is 0.255 e. The van der Waals surface area contributed by atoms with Crippen molar-refractivity contribution in [1.29, 1.82) is 0 Å². The first-order valence-electron chi connectivity index (χ1n) is 10.4. The van der Waals surface area contributed by atoms with Crippen LogP contribution in [0.2, 0.25) is 0 Å². The number of hydrogen-bond donors (Lipinski definition) is 2. The molecule has 4 rings (SSSR count). The molecule has 3 N–H and O–H groups in total. The monoisotopic (exact) mass is 404 g/mol. The van der Waals surface area contributed by atoms with E-state index in [0.717, 1.165) is 50.0 Å². The van der Waals surface area contributed by atoms with Gasteiger partial charge >= 0.3 is 0 Å². The van der Waals surface area contributed by atoms with Crippen molar-refractivity contribution in [1.82, 2.24) is 25.0 Å². The zero-order valence-electron chi connectivity index (χ0n) is 17.3. The molecule has 0 aliphatic carbocycles. The van der Waals surface area contributed by atoms with Gasteiger partial charge in [0.15, 0.2) is 0 Å². The van der Waals surface area contributed by atoms with E-state index in [-0.39, 0.29) is 17.8 Å². The SMILES string of the molecule is Cn1cc(-c2cnc(N)c(C(=O)N[C@@H]3CCN(CCCc4ccccc4)C3)c2)cn1. The summed E-state index contributed by atoms with van der Waals surface area (Å²) in [6.07, 6.45) is 8.46. The maximum absolute atomic E-state index is 12.8. The number of anilines is 1. The van der Waals surface area contributed by atoms with E-state index in [9.17, 15) is 4.79 Å². The molecule has 0 bridgehead atoms. The van der Waals surface area contributed by atoms with E-state index in [4.69, 9.17) is 5.73 Å². The highest BCUT2D eigenvalue weighted by Crippen LogP contribution is 2.22. The number of nitrogen functional groups attached to an aromatic ring is 1. The van der Waals surface area contributed by atoms with Gasteiger partial charge in [0.1, 0.15) is 5.82 Å². The predicted octanol–water partition coefficient (Wildman–Crippen LogP) is 2.50. The van der Waals surface area contributed by atoms with Crippen molar-refractivity contribution in [3.8, 4) is 11.1 Å². The van der Waals surface area contributed by atoms with Crippen LogP contribution in [0.3, 0.4) is 0 Å². The summed E-state index contributed by atoms with van der Waals surface area (Å²) >= 11 is 0. The summed E-state index contributed by atoms with van der Waals surface area (Å²) < 4.78 is 1.72. The van der Waals surface area contributed by atoms with Crippen LogP contribution in [0.25, 0.3) is 11.1 Å². The van der Waals surface area contributed by atoms with E-state index < -0.39 is 0 Å². The molecule has 7 nitrogen and oxygen atoms in total. The van der Waals surface area contributed by atoms with Crippen molar-refractivity contribution >= 4 is 11.7 Å². The number of likely N-dealkylation sites (tertiary alicyclic amines) is 1. The lowest BCUT2D eigenvalue weighted by Crippen LogP contribution is -2.37. The summed E-state index contributed by atoms with van der Waals surface area (Å²) in [5.74, 6) is 0.0831. The Kier molecular flexibility index (Phi) is 6.09. The molecule has 0 saturated carbocycles. The number of aryl methyl sites for hydroxylation is 2. The van der Waals surface area contributed by atoms with Gasteiger partial charge in [-0.05, 0) is 37.4 Å². The van der Waals surface area contributed by atoms with Crippen LogP contribution in [0.4, 0.5) is 5.82 Å². The van der Waals surface area contributed by atoms with Crippen LogP contribution in [-0.4, -0.2) is 51.2 Å². The molecular formula is C23H28N6O. The van der Waals surface area contributed by atoms with Gasteiger partial charge in [0.25, 0.3) is 5.91 Å². The number of nitrogens with one attached hydrogen (secondary N) is 1. The van der Waals surface area contributed by atoms with Crippen molar-refractivity contribution < 1.29 is 4.79 Å². The normalized spacial score (nSPS) is 16.6. The highest BCUT2D eigenvalue weighted by molar-refractivity contribution is 5.99. The lowest BCUT2D eigenvalue weighted by atomic mass is 10.1. The van der Waals surface area contributed by atoms with Crippen molar-refractivity contribution in [2.24, 2.45) is 7.05 Å². The van der Waals surface area contributed by atoms with Gasteiger partial charge < -0.3 is 16.0 Å². The smallest absolute Gasteiger partial charge is 0.255 e. The summed E-state index contributed by atoms with van der Waals surface area (Å²) in [4.78, 5) is 19.5. The van der Waals surface area contributed by atoms with Gasteiger partial charge in [0.05, 0.1) is 11.8 Å². The average molecular weight is 405 g/mol. The van der Waals surface area contributed by atoms with Crippen molar-refractivity contribution in [3.05, 3.63) is 66.1 Å². The highest BCUT2D eigenvalue weighted by Gasteiger charge is 2.25. The minimum Gasteiger partial charge on any atom is -0.383 e. The molecule has 1 aliphatic rings. The number of benzene rings is 1. The van der Waals surface area contributed by atoms with Gasteiger partial charge in [-0.3, -0.25) is 9.48 Å². The predicted molar refractivity (Wildman–Crippen MR) is 118 cm³/mol. The number of aromatic nitrogens is 3. The minimum atomic E-state index is -0.165. The second-order valence-corrected chi connectivity index (χ2v) is 7.91. The maximum atomic E-state index is 12.8. The van der Waals surface area contributed by atoms with Crippen LogP contribution in [0.5, 0.6) is 0 Å². The third-order valence-electron chi connectivity index (χ3n) is 5.59. The topological polar surface area (TPSA) is 89.1 Å². The molecule has 3 aromatic rings. The van der Waals surface area contributed by atoms with Crippen LogP contribution in [0.15, 0.2) is 55.0 Å². The van der Waals surface area contributed by atoms with Crippen molar-refractivity contribution in [3.63, 3.8) is 0 Å². The van der Waals surface area contributed by atoms with Crippen LogP contribution in [-0.2, 0) is 13.5 Å². The summed E-state index contributed by atoms with van der Waals surface area (Å²) in [7, 11) is 1.85. The summed E-state index contributed by atoms with van der Waals surface area (Å²) in [5, 5.41) is 7.31. The van der Waals surface area contributed by atoms with Gasteiger partial charge in [-0.2, -0.15) is 5.10 Å². The second-order valence-electron chi connectivity index (χ2n) is 7.91. The Morgan fingerprint density at radius 3 is 2.83 bits per heavy atom. The second kappa shape index (κ2) is 9.09. The van der Waals surface area contributed by atoms with Crippen LogP contribution in [0.1, 0.15) is 28.8 Å². The Morgan fingerprint density at radius 1 is 1.23 bits per heavy atom. The number of amides is 1. The lowest BCUT2D eigenvalue weighted by Gasteiger charge is -2.17. The number of carbonyl (C=O) groups is 1. The Balaban J connectivity index is 1.31. The quantitative estimate of drug-likeness (QED) is 0.632. The van der Waals surface area contributed by atoms with Gasteiger partial charge in [0.2, 0.25) is 0 Å². The number of nitrogens with two attached hydrogens (primary N) is 1. The summed E-state index contributed by atoms with van der Waals surface area (Å²) in [5.41, 5.74) is 9.52. The molecule has 1 amide bonds. The standard InChI is InChI=1S/C23H28N6O/c1-28-15-19(14-26-28)18-12-21(22(24)25-13-18)23(30)27-20-9-11-29(16-20)10-5-8-17-6-3-2-4-7-17/h2-4,6-7,12-15,20H,5,8-11,16H2,1H3,(H2,24,25)(H,27,30)/t20-/m1/s1. The Labute approximate surface area is 176 Å². The molecule has 0 unspecified atom stereocenters. The summed E-state index contributed by atoms with van der Waals surface area (Å²) in [6, 6.07) is 12.5. The van der Waals surface area contributed by atoms with E-state index >= 15 is 0 Å². The fourth-order valence-corrected chi connectivity index (χ4v) is 3.95. The zero-order chi connectivity index (χ0) is 20.9. The molecule has 1 saturated heterocycles. The van der Waals surface area contributed by atoms with Gasteiger partial charge in [-0.1, -0.05) is 30.3 Å². The first-order chi connectivity index (χ1) is 14.6. The molecule has 0 spiro atoms. The van der Waals surface area contributed by atoms with Gasteiger partial charge in [-0.15, -0.1) is 0 Å². The Hall–Kier alpha value is -3.19. The van der Waals surface area contributed by atoms with Crippen molar-refractivity contribution in [2.75, 3.05) is 25.4 Å². The first kappa shape index (κ1) is 20.1. The number of hydrogen-bond acceptors (Lipinski definition) is 5. The number of pyridine rings is 1. The third kappa shape index (κ3) is 4.86. The number of carbonyl (C=O) groups excluding carboxylic acids is 1. The molecule has 156 valence electrons. The Morgan fingerprint density at radius 2 is 2.07 bits per heavy atom. The molecule has 1 aliphatic heterocycles. The third-order valence-corrected chi connectivity index (χ3v) is 5.59. The molecule has 1 atom stereocenters. The average Bonchev–Trinajstić information content (AvgIpc) is 3.38. The molecule has 7 heteroatoms. The zero-order valence-corrected chi connectivity index (χ0v) is 17.3. The van der Waals surface area contributed by atoms with E-state index in [1.807, 2.05) is 19.3 Å². The molecule has 1 aromatic carbocycles. The molecule has 1 fully saturated rings. The van der Waals surface area contributed by atoms with E-state index in [0.29, 0.717) is 5.56 Å². The lowest BCUT2D eigenvalue weighted by molar-refractivity contribution is 0.0938. The highest BCUT2D eigenvalue weighted by atomic mass is 16.1. The number of rotatable bonds is 7.